The fraction of sp³-hybridized carbons (Fsp3) is 0.250. The van der Waals surface area contributed by atoms with E-state index in [9.17, 15) is 27.2 Å². The number of carbonyl (C=O) groups excluding carboxylic acids is 2. The summed E-state index contributed by atoms with van der Waals surface area (Å²) in [7, 11) is 0. The van der Waals surface area contributed by atoms with Gasteiger partial charge in [0.25, 0.3) is 0 Å². The van der Waals surface area contributed by atoms with Gasteiger partial charge in [-0.05, 0) is 66.8 Å². The van der Waals surface area contributed by atoms with E-state index in [4.69, 9.17) is 0 Å². The molecule has 0 spiro atoms. The van der Waals surface area contributed by atoms with Gasteiger partial charge < -0.3 is 15.4 Å². The van der Waals surface area contributed by atoms with Crippen LogP contribution in [0.3, 0.4) is 0 Å². The van der Waals surface area contributed by atoms with Crippen LogP contribution in [0.2, 0.25) is 0 Å². The number of benzene rings is 2. The van der Waals surface area contributed by atoms with Crippen LogP contribution in [-0.2, 0) is 35.3 Å². The number of pyridine rings is 1. The van der Waals surface area contributed by atoms with Crippen LogP contribution in [0.5, 0.6) is 5.75 Å². The Hall–Kier alpha value is -4.39. The number of amides is 2. The number of halogens is 4. The van der Waals surface area contributed by atoms with Crippen LogP contribution in [0, 0.1) is 5.82 Å². The van der Waals surface area contributed by atoms with E-state index in [-0.39, 0.29) is 30.0 Å². The SMILES string of the molecule is O=C(Cc1ccccn1)Nc1nnc(CCCCc2ccc(NC(=O)Cc3cccc(OC(F)(F)F)c3)c(F)c2)s1. The zero-order chi connectivity index (χ0) is 29.2. The highest BCUT2D eigenvalue weighted by molar-refractivity contribution is 7.15. The van der Waals surface area contributed by atoms with Crippen molar-refractivity contribution in [1.29, 1.82) is 0 Å². The highest BCUT2D eigenvalue weighted by Crippen LogP contribution is 2.24. The molecule has 0 atom stereocenters. The van der Waals surface area contributed by atoms with Gasteiger partial charge in [0.05, 0.1) is 18.5 Å². The molecule has 4 aromatic rings. The molecule has 4 rings (SSSR count). The van der Waals surface area contributed by atoms with Crippen LogP contribution < -0.4 is 15.4 Å². The topological polar surface area (TPSA) is 106 Å². The fourth-order valence-corrected chi connectivity index (χ4v) is 4.69. The van der Waals surface area contributed by atoms with Crippen LogP contribution in [0.15, 0.2) is 66.9 Å². The Kier molecular flexibility index (Phi) is 9.95. The van der Waals surface area contributed by atoms with E-state index in [1.165, 1.54) is 35.6 Å². The Balaban J connectivity index is 1.19. The maximum atomic E-state index is 14.6. The molecule has 8 nitrogen and oxygen atoms in total. The molecule has 0 fully saturated rings. The van der Waals surface area contributed by atoms with E-state index < -0.39 is 23.8 Å². The summed E-state index contributed by atoms with van der Waals surface area (Å²) in [5.74, 6) is -1.85. The van der Waals surface area contributed by atoms with Crippen molar-refractivity contribution in [2.75, 3.05) is 10.6 Å². The molecule has 214 valence electrons. The first-order valence-electron chi connectivity index (χ1n) is 12.6. The second kappa shape index (κ2) is 13.8. The standard InChI is InChI=1S/C28H25F4N5O3S/c29-22-15-18(11-12-23(22)34-24(38)16-19-7-5-9-21(14-19)40-28(30,31)32)6-1-2-10-26-36-37-27(41-26)35-25(39)17-20-8-3-4-13-33-20/h3-5,7-9,11-15H,1-2,6,10,16-17H2,(H,34,38)(H,35,37,39). The zero-order valence-electron chi connectivity index (χ0n) is 21.6. The number of unbranched alkanes of at least 4 members (excludes halogenated alkanes) is 1. The predicted molar refractivity (Wildman–Crippen MR) is 145 cm³/mol. The smallest absolute Gasteiger partial charge is 0.406 e. The van der Waals surface area contributed by atoms with Crippen molar-refractivity contribution in [1.82, 2.24) is 15.2 Å². The Morgan fingerprint density at radius 1 is 0.854 bits per heavy atom. The Morgan fingerprint density at radius 2 is 1.66 bits per heavy atom. The summed E-state index contributed by atoms with van der Waals surface area (Å²) in [5, 5.41) is 14.5. The maximum absolute atomic E-state index is 14.6. The van der Waals surface area contributed by atoms with E-state index in [2.05, 4.69) is 30.6 Å². The van der Waals surface area contributed by atoms with Crippen LogP contribution in [-0.4, -0.2) is 33.4 Å². The molecule has 2 aromatic carbocycles. The van der Waals surface area contributed by atoms with Gasteiger partial charge in [-0.25, -0.2) is 4.39 Å². The lowest BCUT2D eigenvalue weighted by atomic mass is 10.1. The number of hydrogen-bond donors (Lipinski definition) is 2. The minimum absolute atomic E-state index is 0.0204. The first kappa shape index (κ1) is 29.6. The van der Waals surface area contributed by atoms with Crippen molar-refractivity contribution in [3.63, 3.8) is 0 Å². The number of aryl methyl sites for hydroxylation is 2. The summed E-state index contributed by atoms with van der Waals surface area (Å²) in [6, 6.07) is 14.9. The summed E-state index contributed by atoms with van der Waals surface area (Å²) in [6.45, 7) is 0. The van der Waals surface area contributed by atoms with E-state index in [0.29, 0.717) is 23.7 Å². The predicted octanol–water partition coefficient (Wildman–Crippen LogP) is 5.90. The molecule has 0 unspecified atom stereocenters. The lowest BCUT2D eigenvalue weighted by Gasteiger charge is -2.11. The molecule has 0 saturated heterocycles. The molecule has 0 aliphatic carbocycles. The van der Waals surface area contributed by atoms with E-state index >= 15 is 0 Å². The molecule has 0 aliphatic rings. The molecule has 0 aliphatic heterocycles. The first-order chi connectivity index (χ1) is 19.6. The van der Waals surface area contributed by atoms with Gasteiger partial charge in [0.15, 0.2) is 0 Å². The third-order valence-electron chi connectivity index (χ3n) is 5.69. The minimum atomic E-state index is -4.84. The van der Waals surface area contributed by atoms with Gasteiger partial charge in [0.2, 0.25) is 16.9 Å². The Bertz CT molecular complexity index is 1480. The molecule has 2 aromatic heterocycles. The van der Waals surface area contributed by atoms with Crippen LogP contribution in [0.4, 0.5) is 28.4 Å². The molecule has 13 heteroatoms. The van der Waals surface area contributed by atoms with Crippen molar-refractivity contribution in [2.24, 2.45) is 0 Å². The Morgan fingerprint density at radius 3 is 2.41 bits per heavy atom. The summed E-state index contributed by atoms with van der Waals surface area (Å²) in [6.07, 6.45) is -0.548. The van der Waals surface area contributed by atoms with Crippen molar-refractivity contribution in [3.05, 3.63) is 94.5 Å². The van der Waals surface area contributed by atoms with Crippen molar-refractivity contribution in [2.45, 2.75) is 44.9 Å². The van der Waals surface area contributed by atoms with E-state index in [1.807, 2.05) is 6.07 Å². The zero-order valence-corrected chi connectivity index (χ0v) is 22.4. The second-order valence-electron chi connectivity index (χ2n) is 8.99. The summed E-state index contributed by atoms with van der Waals surface area (Å²) < 4.78 is 55.7. The Labute approximate surface area is 236 Å². The van der Waals surface area contributed by atoms with Crippen molar-refractivity contribution in [3.8, 4) is 5.75 Å². The highest BCUT2D eigenvalue weighted by atomic mass is 32.1. The summed E-state index contributed by atoms with van der Waals surface area (Å²) >= 11 is 1.30. The third-order valence-corrected chi connectivity index (χ3v) is 6.59. The van der Waals surface area contributed by atoms with Gasteiger partial charge >= 0.3 is 6.36 Å². The van der Waals surface area contributed by atoms with Gasteiger partial charge in [-0.1, -0.05) is 35.6 Å². The first-order valence-corrected chi connectivity index (χ1v) is 13.4. The van der Waals surface area contributed by atoms with Gasteiger partial charge in [0, 0.05) is 18.3 Å². The maximum Gasteiger partial charge on any atom is 0.573 e. The minimum Gasteiger partial charge on any atom is -0.406 e. The van der Waals surface area contributed by atoms with Crippen LogP contribution >= 0.6 is 11.3 Å². The lowest BCUT2D eigenvalue weighted by Crippen LogP contribution is -2.18. The normalized spacial score (nSPS) is 11.2. The highest BCUT2D eigenvalue weighted by Gasteiger charge is 2.31. The van der Waals surface area contributed by atoms with Crippen LogP contribution in [0.25, 0.3) is 0 Å². The number of nitrogens with zero attached hydrogens (tertiary/aromatic N) is 3. The van der Waals surface area contributed by atoms with Gasteiger partial charge in [0.1, 0.15) is 16.6 Å². The van der Waals surface area contributed by atoms with E-state index in [0.717, 1.165) is 35.5 Å². The van der Waals surface area contributed by atoms with Crippen molar-refractivity contribution < 1.29 is 31.9 Å². The summed E-state index contributed by atoms with van der Waals surface area (Å²) in [4.78, 5) is 28.6. The van der Waals surface area contributed by atoms with Gasteiger partial charge in [-0.15, -0.1) is 23.4 Å². The van der Waals surface area contributed by atoms with E-state index in [1.54, 1.807) is 24.4 Å². The summed E-state index contributed by atoms with van der Waals surface area (Å²) in [5.41, 5.74) is 1.67. The number of nitrogens with one attached hydrogen (secondary N) is 2. The molecule has 41 heavy (non-hydrogen) atoms. The quantitative estimate of drug-likeness (QED) is 0.158. The largest absolute Gasteiger partial charge is 0.573 e. The van der Waals surface area contributed by atoms with Crippen molar-refractivity contribution >= 4 is 34.0 Å². The number of alkyl halides is 3. The molecule has 2 amide bonds. The number of carbonyl (C=O) groups is 2. The molecule has 2 heterocycles. The fourth-order valence-electron chi connectivity index (χ4n) is 3.89. The van der Waals surface area contributed by atoms with Gasteiger partial charge in [-0.3, -0.25) is 14.6 Å². The average molecular weight is 588 g/mol. The average Bonchev–Trinajstić information content (AvgIpc) is 3.34. The van der Waals surface area contributed by atoms with Crippen LogP contribution in [0.1, 0.15) is 34.7 Å². The molecule has 0 saturated carbocycles. The van der Waals surface area contributed by atoms with Gasteiger partial charge in [-0.2, -0.15) is 0 Å². The molecular formula is C28H25F4N5O3S. The molecule has 2 N–H and O–H groups in total. The third kappa shape index (κ3) is 9.94. The lowest BCUT2D eigenvalue weighted by molar-refractivity contribution is -0.274. The molecule has 0 radical (unpaired) electrons. The second-order valence-corrected chi connectivity index (χ2v) is 10.1. The molecule has 0 bridgehead atoms. The molecular weight excluding hydrogens is 562 g/mol. The number of hydrogen-bond acceptors (Lipinski definition) is 7. The number of aromatic nitrogens is 3. The monoisotopic (exact) mass is 587 g/mol. The number of ether oxygens (including phenoxy) is 1. The number of rotatable bonds is 12. The number of anilines is 2.